The number of hydrogen-bond donors (Lipinski definition) is 0. The van der Waals surface area contributed by atoms with Gasteiger partial charge in [-0.15, -0.1) is 0 Å². The van der Waals surface area contributed by atoms with Crippen LogP contribution in [-0.2, 0) is 28.6 Å². The summed E-state index contributed by atoms with van der Waals surface area (Å²) in [5, 5.41) is 0. The molecule has 6 heteroatoms. The second-order valence-electron chi connectivity index (χ2n) is 21.7. The Bertz CT molecular complexity index is 1150. The Labute approximate surface area is 443 Å². The lowest BCUT2D eigenvalue weighted by molar-refractivity contribution is -0.167. The third-order valence-electron chi connectivity index (χ3n) is 14.5. The Balaban J connectivity index is 4.09. The molecule has 0 aliphatic carbocycles. The van der Waals surface area contributed by atoms with E-state index in [1.165, 1.54) is 250 Å². The van der Waals surface area contributed by atoms with Crippen molar-refractivity contribution in [3.8, 4) is 0 Å². The molecule has 0 spiro atoms. The molecule has 0 saturated heterocycles. The minimum atomic E-state index is -0.764. The summed E-state index contributed by atoms with van der Waals surface area (Å²) in [6.07, 6.45) is 72.0. The van der Waals surface area contributed by atoms with Crippen LogP contribution in [0.5, 0.6) is 0 Å². The number of rotatable bonds is 59. The van der Waals surface area contributed by atoms with Gasteiger partial charge in [-0.3, -0.25) is 14.4 Å². The Kier molecular flexibility index (Phi) is 58.6. The minimum Gasteiger partial charge on any atom is -0.462 e. The van der Waals surface area contributed by atoms with Crippen LogP contribution in [0.15, 0.2) is 24.3 Å². The van der Waals surface area contributed by atoms with Gasteiger partial charge in [-0.1, -0.05) is 308 Å². The Morgan fingerprint density at radius 1 is 0.282 bits per heavy atom. The molecule has 0 heterocycles. The zero-order chi connectivity index (χ0) is 51.4. The van der Waals surface area contributed by atoms with E-state index in [1.807, 2.05) is 0 Å². The fourth-order valence-electron chi connectivity index (χ4n) is 9.65. The molecule has 0 saturated carbocycles. The average Bonchev–Trinajstić information content (AvgIpc) is 3.37. The second kappa shape index (κ2) is 60.4. The van der Waals surface area contributed by atoms with Crippen LogP contribution in [0.2, 0.25) is 0 Å². The molecule has 0 aliphatic heterocycles. The van der Waals surface area contributed by atoms with Crippen LogP contribution in [-0.4, -0.2) is 37.2 Å². The molecule has 0 aromatic carbocycles. The summed E-state index contributed by atoms with van der Waals surface area (Å²) in [5.41, 5.74) is 0. The summed E-state index contributed by atoms with van der Waals surface area (Å²) >= 11 is 0. The van der Waals surface area contributed by atoms with E-state index in [-0.39, 0.29) is 31.1 Å². The van der Waals surface area contributed by atoms with Crippen molar-refractivity contribution in [2.24, 2.45) is 0 Å². The van der Waals surface area contributed by atoms with Gasteiger partial charge in [-0.25, -0.2) is 0 Å². The topological polar surface area (TPSA) is 78.9 Å². The predicted octanol–water partition coefficient (Wildman–Crippen LogP) is 21.4. The lowest BCUT2D eigenvalue weighted by Crippen LogP contribution is -2.30. The van der Waals surface area contributed by atoms with Crippen molar-refractivity contribution in [2.75, 3.05) is 13.2 Å². The number of hydrogen-bond acceptors (Lipinski definition) is 6. The number of carbonyl (C=O) groups excluding carboxylic acids is 3. The molecule has 0 amide bonds. The molecule has 0 N–H and O–H groups in total. The van der Waals surface area contributed by atoms with E-state index < -0.39 is 6.10 Å². The number of ether oxygens (including phenoxy) is 3. The molecule has 1 unspecified atom stereocenters. The summed E-state index contributed by atoms with van der Waals surface area (Å²) in [7, 11) is 0. The lowest BCUT2D eigenvalue weighted by atomic mass is 10.0. The third-order valence-corrected chi connectivity index (χ3v) is 14.5. The zero-order valence-corrected chi connectivity index (χ0v) is 48.0. The largest absolute Gasteiger partial charge is 0.462 e. The van der Waals surface area contributed by atoms with Crippen molar-refractivity contribution in [1.29, 1.82) is 0 Å². The molecule has 0 rings (SSSR count). The van der Waals surface area contributed by atoms with E-state index >= 15 is 0 Å². The highest BCUT2D eigenvalue weighted by atomic mass is 16.6. The number of unbranched alkanes of at least 4 members (excludes halogenated alkanes) is 44. The molecule has 6 nitrogen and oxygen atoms in total. The SMILES string of the molecule is CCCCCCC/C=C\C/C=C\CCCCCCCCCCCCCCCCCCCC(=O)OCC(COC(=O)CCCCCCCCCCCCCC)OC(=O)CCCCCCCCCCCCCC. The maximum atomic E-state index is 12.8. The first-order valence-electron chi connectivity index (χ1n) is 31.8. The van der Waals surface area contributed by atoms with E-state index in [1.54, 1.807) is 0 Å². The van der Waals surface area contributed by atoms with Crippen molar-refractivity contribution in [3.05, 3.63) is 24.3 Å². The molecule has 0 aromatic rings. The first-order valence-corrected chi connectivity index (χ1v) is 31.8. The van der Waals surface area contributed by atoms with Crippen LogP contribution in [0.3, 0.4) is 0 Å². The van der Waals surface area contributed by atoms with Gasteiger partial charge in [0.25, 0.3) is 0 Å². The van der Waals surface area contributed by atoms with Gasteiger partial charge in [0.1, 0.15) is 13.2 Å². The van der Waals surface area contributed by atoms with Crippen LogP contribution in [0.25, 0.3) is 0 Å². The number of carbonyl (C=O) groups is 3. The molecule has 0 aliphatic rings. The minimum absolute atomic E-state index is 0.0641. The predicted molar refractivity (Wildman–Crippen MR) is 307 cm³/mol. The van der Waals surface area contributed by atoms with Crippen molar-refractivity contribution in [2.45, 2.75) is 361 Å². The summed E-state index contributed by atoms with van der Waals surface area (Å²) in [6.45, 7) is 6.68. The normalized spacial score (nSPS) is 12.1. The van der Waals surface area contributed by atoms with Gasteiger partial charge in [0.05, 0.1) is 0 Å². The highest BCUT2D eigenvalue weighted by Crippen LogP contribution is 2.18. The Morgan fingerprint density at radius 3 is 0.775 bits per heavy atom. The first kappa shape index (κ1) is 68.9. The molecule has 1 atom stereocenters. The molecule has 0 aromatic heterocycles. The lowest BCUT2D eigenvalue weighted by Gasteiger charge is -2.18. The Hall–Kier alpha value is -2.11. The molecule has 418 valence electrons. The van der Waals surface area contributed by atoms with Gasteiger partial charge in [-0.05, 0) is 51.4 Å². The van der Waals surface area contributed by atoms with E-state index in [4.69, 9.17) is 14.2 Å². The first-order chi connectivity index (χ1) is 35.0. The summed E-state index contributed by atoms with van der Waals surface area (Å²) in [6, 6.07) is 0. The third kappa shape index (κ3) is 58.7. The fourth-order valence-corrected chi connectivity index (χ4v) is 9.65. The van der Waals surface area contributed by atoms with Crippen molar-refractivity contribution in [1.82, 2.24) is 0 Å². The van der Waals surface area contributed by atoms with Crippen LogP contribution in [0.1, 0.15) is 355 Å². The highest BCUT2D eigenvalue weighted by Gasteiger charge is 2.19. The molecule has 0 radical (unpaired) electrons. The van der Waals surface area contributed by atoms with Gasteiger partial charge in [-0.2, -0.15) is 0 Å². The van der Waals surface area contributed by atoms with E-state index in [9.17, 15) is 14.4 Å². The number of esters is 3. The average molecular weight is 1000 g/mol. The molecule has 0 fully saturated rings. The van der Waals surface area contributed by atoms with Crippen molar-refractivity contribution in [3.63, 3.8) is 0 Å². The van der Waals surface area contributed by atoms with Crippen molar-refractivity contribution < 1.29 is 28.6 Å². The van der Waals surface area contributed by atoms with Crippen LogP contribution in [0, 0.1) is 0 Å². The quantitative estimate of drug-likeness (QED) is 0.0261. The summed E-state index contributed by atoms with van der Waals surface area (Å²) < 4.78 is 16.9. The van der Waals surface area contributed by atoms with E-state index in [0.717, 1.165) is 64.2 Å². The maximum Gasteiger partial charge on any atom is 0.306 e. The Morgan fingerprint density at radius 2 is 0.507 bits per heavy atom. The highest BCUT2D eigenvalue weighted by molar-refractivity contribution is 5.71. The van der Waals surface area contributed by atoms with Crippen LogP contribution < -0.4 is 0 Å². The van der Waals surface area contributed by atoms with Crippen LogP contribution in [0.4, 0.5) is 0 Å². The smallest absolute Gasteiger partial charge is 0.306 e. The molecular formula is C65H122O6. The van der Waals surface area contributed by atoms with Gasteiger partial charge in [0.15, 0.2) is 6.10 Å². The summed E-state index contributed by atoms with van der Waals surface area (Å²) in [5.74, 6) is -0.840. The van der Waals surface area contributed by atoms with Crippen molar-refractivity contribution >= 4 is 17.9 Å². The maximum absolute atomic E-state index is 12.8. The zero-order valence-electron chi connectivity index (χ0n) is 48.0. The van der Waals surface area contributed by atoms with Gasteiger partial charge in [0.2, 0.25) is 0 Å². The fraction of sp³-hybridized carbons (Fsp3) is 0.892. The standard InChI is InChI=1S/C65H122O6/c1-4-7-10-13-16-19-22-25-26-27-28-29-30-31-32-33-34-35-36-37-38-39-40-41-44-46-49-52-55-58-64(67)70-61-62(71-65(68)59-56-53-50-47-43-24-21-18-15-12-9-6-3)60-69-63(66)57-54-51-48-45-42-23-20-17-14-11-8-5-2/h22,25,27-28,62H,4-21,23-24,26,29-61H2,1-3H3/b25-22-,28-27-. The van der Waals surface area contributed by atoms with Gasteiger partial charge in [0, 0.05) is 19.3 Å². The van der Waals surface area contributed by atoms with Crippen LogP contribution >= 0.6 is 0 Å². The van der Waals surface area contributed by atoms with Gasteiger partial charge >= 0.3 is 17.9 Å². The van der Waals surface area contributed by atoms with E-state index in [2.05, 4.69) is 45.1 Å². The second-order valence-corrected chi connectivity index (χ2v) is 21.7. The summed E-state index contributed by atoms with van der Waals surface area (Å²) in [4.78, 5) is 38.1. The molecule has 0 bridgehead atoms. The van der Waals surface area contributed by atoms with E-state index in [0.29, 0.717) is 19.3 Å². The van der Waals surface area contributed by atoms with Gasteiger partial charge < -0.3 is 14.2 Å². The monoisotopic (exact) mass is 999 g/mol. The number of allylic oxidation sites excluding steroid dienone is 4. The molecular weight excluding hydrogens is 877 g/mol. The molecule has 71 heavy (non-hydrogen) atoms.